The molecule has 0 aliphatic heterocycles. The van der Waals surface area contributed by atoms with E-state index in [1.165, 1.54) is 26.4 Å². The zero-order chi connectivity index (χ0) is 15.0. The number of aromatic nitrogens is 2. The number of rotatable bonds is 4. The van der Waals surface area contributed by atoms with Crippen LogP contribution in [0.1, 0.15) is 26.7 Å². The average Bonchev–Trinajstić information content (AvgIpc) is 2.92. The summed E-state index contributed by atoms with van der Waals surface area (Å²) < 4.78 is 2.31. The van der Waals surface area contributed by atoms with Crippen LogP contribution in [0.15, 0.2) is 24.3 Å². The van der Waals surface area contributed by atoms with Crippen molar-refractivity contribution in [2.75, 3.05) is 5.88 Å². The van der Waals surface area contributed by atoms with Crippen molar-refractivity contribution >= 4 is 34.0 Å². The maximum absolute atomic E-state index is 5.95. The fourth-order valence-corrected chi connectivity index (χ4v) is 3.84. The van der Waals surface area contributed by atoms with Gasteiger partial charge >= 0.3 is 0 Å². The number of fused-ring (bicyclic) bond motifs is 1. The Morgan fingerprint density at radius 3 is 2.67 bits per heavy atom. The summed E-state index contributed by atoms with van der Waals surface area (Å²) in [5.74, 6) is 1.68. The largest absolute Gasteiger partial charge is 0.323 e. The Kier molecular flexibility index (Phi) is 4.05. The van der Waals surface area contributed by atoms with Gasteiger partial charge in [-0.15, -0.1) is 22.9 Å². The molecule has 0 spiro atoms. The molecular formula is C17H19ClN2S. The molecule has 0 saturated heterocycles. The molecule has 1 aromatic carbocycles. The van der Waals surface area contributed by atoms with Crippen molar-refractivity contribution < 1.29 is 0 Å². The molecule has 0 radical (unpaired) electrons. The number of thiophene rings is 1. The molecule has 3 rings (SSSR count). The molecule has 0 aliphatic rings. The highest BCUT2D eigenvalue weighted by atomic mass is 35.5. The first-order valence-electron chi connectivity index (χ1n) is 7.16. The minimum absolute atomic E-state index is 0.602. The van der Waals surface area contributed by atoms with Crippen LogP contribution in [0.3, 0.4) is 0 Å². The molecule has 3 aromatic rings. The van der Waals surface area contributed by atoms with E-state index in [-0.39, 0.29) is 0 Å². The fourth-order valence-electron chi connectivity index (χ4n) is 2.62. The number of nitrogens with zero attached hydrogens (tertiary/aromatic N) is 2. The second kappa shape index (κ2) is 5.82. The van der Waals surface area contributed by atoms with Crippen molar-refractivity contribution in [2.24, 2.45) is 0 Å². The molecule has 0 atom stereocenters. The lowest BCUT2D eigenvalue weighted by molar-refractivity contribution is 0.763. The highest BCUT2D eigenvalue weighted by molar-refractivity contribution is 7.12. The monoisotopic (exact) mass is 318 g/mol. The quantitative estimate of drug-likeness (QED) is 0.629. The topological polar surface area (TPSA) is 17.8 Å². The maximum atomic E-state index is 5.95. The van der Waals surface area contributed by atoms with Gasteiger partial charge in [-0.05, 0) is 50.1 Å². The van der Waals surface area contributed by atoms with Crippen molar-refractivity contribution in [3.8, 4) is 0 Å². The minimum Gasteiger partial charge on any atom is -0.323 e. The Labute approximate surface area is 134 Å². The summed E-state index contributed by atoms with van der Waals surface area (Å²) >= 11 is 7.82. The van der Waals surface area contributed by atoms with Crippen molar-refractivity contribution in [2.45, 2.75) is 33.7 Å². The summed E-state index contributed by atoms with van der Waals surface area (Å²) in [5, 5.41) is 0. The zero-order valence-electron chi connectivity index (χ0n) is 12.6. The normalized spacial score (nSPS) is 11.4. The van der Waals surface area contributed by atoms with Crippen LogP contribution in [0, 0.1) is 20.8 Å². The lowest BCUT2D eigenvalue weighted by Gasteiger charge is -2.07. The van der Waals surface area contributed by atoms with Crippen LogP contribution in [-0.4, -0.2) is 15.4 Å². The maximum Gasteiger partial charge on any atom is 0.111 e. The van der Waals surface area contributed by atoms with Crippen molar-refractivity contribution in [3.63, 3.8) is 0 Å². The van der Waals surface area contributed by atoms with E-state index in [9.17, 15) is 0 Å². The highest BCUT2D eigenvalue weighted by Gasteiger charge is 2.12. The van der Waals surface area contributed by atoms with Crippen LogP contribution in [-0.2, 0) is 13.0 Å². The van der Waals surface area contributed by atoms with Crippen LogP contribution in [0.25, 0.3) is 11.0 Å². The number of imidazole rings is 1. The van der Waals surface area contributed by atoms with Gasteiger partial charge in [-0.2, -0.15) is 0 Å². The minimum atomic E-state index is 0.602. The molecule has 0 N–H and O–H groups in total. The first-order chi connectivity index (χ1) is 10.1. The molecule has 0 aliphatic carbocycles. The van der Waals surface area contributed by atoms with Gasteiger partial charge < -0.3 is 4.57 Å². The van der Waals surface area contributed by atoms with Gasteiger partial charge in [0.15, 0.2) is 0 Å². The van der Waals surface area contributed by atoms with E-state index in [4.69, 9.17) is 16.6 Å². The number of benzene rings is 1. The van der Waals surface area contributed by atoms with Crippen LogP contribution >= 0.6 is 22.9 Å². The first-order valence-corrected chi connectivity index (χ1v) is 8.51. The third-order valence-corrected chi connectivity index (χ3v) is 5.16. The van der Waals surface area contributed by atoms with Crippen LogP contribution < -0.4 is 0 Å². The fraction of sp³-hybridized carbons (Fsp3) is 0.353. The summed E-state index contributed by atoms with van der Waals surface area (Å²) in [7, 11) is 0. The number of hydrogen-bond donors (Lipinski definition) is 0. The summed E-state index contributed by atoms with van der Waals surface area (Å²) in [6.07, 6.45) is 0.804. The van der Waals surface area contributed by atoms with E-state index in [1.54, 1.807) is 0 Å². The average molecular weight is 319 g/mol. The molecule has 0 fully saturated rings. The Hall–Kier alpha value is -1.32. The molecule has 2 heterocycles. The molecule has 21 heavy (non-hydrogen) atoms. The van der Waals surface area contributed by atoms with Gasteiger partial charge in [-0.1, -0.05) is 6.07 Å². The second-order valence-electron chi connectivity index (χ2n) is 5.50. The van der Waals surface area contributed by atoms with Gasteiger partial charge in [0.1, 0.15) is 5.82 Å². The molecular weight excluding hydrogens is 300 g/mol. The van der Waals surface area contributed by atoms with E-state index in [0.29, 0.717) is 5.88 Å². The van der Waals surface area contributed by atoms with E-state index >= 15 is 0 Å². The number of alkyl halides is 1. The predicted octanol–water partition coefficient (Wildman–Crippen LogP) is 4.85. The molecule has 110 valence electrons. The van der Waals surface area contributed by atoms with Gasteiger partial charge in [-0.25, -0.2) is 4.98 Å². The molecule has 0 bridgehead atoms. The lowest BCUT2D eigenvalue weighted by atomic mass is 10.2. The third kappa shape index (κ3) is 2.85. The molecule has 2 nitrogen and oxygen atoms in total. The number of halogens is 1. The SMILES string of the molecule is Cc1ccc2c(c1)nc(CCCl)n2Cc1cc(C)c(C)s1. The van der Waals surface area contributed by atoms with Gasteiger partial charge in [-0.3, -0.25) is 0 Å². The zero-order valence-corrected chi connectivity index (χ0v) is 14.2. The predicted molar refractivity (Wildman–Crippen MR) is 91.8 cm³/mol. The molecule has 0 unspecified atom stereocenters. The molecule has 0 amide bonds. The van der Waals surface area contributed by atoms with Gasteiger partial charge in [0.05, 0.1) is 17.6 Å². The highest BCUT2D eigenvalue weighted by Crippen LogP contribution is 2.25. The van der Waals surface area contributed by atoms with Gasteiger partial charge in [0.25, 0.3) is 0 Å². The summed E-state index contributed by atoms with van der Waals surface area (Å²) in [4.78, 5) is 7.54. The second-order valence-corrected chi connectivity index (χ2v) is 7.22. The van der Waals surface area contributed by atoms with Crippen molar-refractivity contribution in [1.82, 2.24) is 9.55 Å². The van der Waals surface area contributed by atoms with Crippen molar-refractivity contribution in [3.05, 3.63) is 51.0 Å². The summed E-state index contributed by atoms with van der Waals surface area (Å²) in [5.41, 5.74) is 4.88. The number of aryl methyl sites for hydroxylation is 4. The van der Waals surface area contributed by atoms with E-state index in [1.807, 2.05) is 11.3 Å². The Morgan fingerprint density at radius 2 is 2.00 bits per heavy atom. The molecule has 4 heteroatoms. The Balaban J connectivity index is 2.08. The Bertz CT molecular complexity index is 766. The Morgan fingerprint density at radius 1 is 1.19 bits per heavy atom. The van der Waals surface area contributed by atoms with E-state index in [2.05, 4.69) is 49.6 Å². The lowest BCUT2D eigenvalue weighted by Crippen LogP contribution is -2.04. The van der Waals surface area contributed by atoms with Crippen LogP contribution in [0.4, 0.5) is 0 Å². The summed E-state index contributed by atoms with van der Waals surface area (Å²) in [6.45, 7) is 7.33. The van der Waals surface area contributed by atoms with Gasteiger partial charge in [0, 0.05) is 22.1 Å². The van der Waals surface area contributed by atoms with Crippen LogP contribution in [0.2, 0.25) is 0 Å². The van der Waals surface area contributed by atoms with Crippen molar-refractivity contribution in [1.29, 1.82) is 0 Å². The van der Waals surface area contributed by atoms with Gasteiger partial charge in [0.2, 0.25) is 0 Å². The smallest absolute Gasteiger partial charge is 0.111 e. The third-order valence-electron chi connectivity index (χ3n) is 3.83. The summed E-state index contributed by atoms with van der Waals surface area (Å²) in [6, 6.07) is 8.75. The molecule has 2 aromatic heterocycles. The van der Waals surface area contributed by atoms with E-state index in [0.717, 1.165) is 24.3 Å². The van der Waals surface area contributed by atoms with E-state index < -0.39 is 0 Å². The van der Waals surface area contributed by atoms with Crippen LogP contribution in [0.5, 0.6) is 0 Å². The molecule has 0 saturated carbocycles. The number of hydrogen-bond acceptors (Lipinski definition) is 2. The standard InChI is InChI=1S/C17H19ClN2S/c1-11-4-5-16-15(8-11)19-17(6-7-18)20(16)10-14-9-12(2)13(3)21-14/h4-5,8-9H,6-7,10H2,1-3H3. The first kappa shape index (κ1) is 14.6.